The van der Waals surface area contributed by atoms with E-state index < -0.39 is 0 Å². The van der Waals surface area contributed by atoms with Crippen molar-refractivity contribution in [1.82, 2.24) is 19.5 Å². The van der Waals surface area contributed by atoms with Crippen LogP contribution in [0.3, 0.4) is 0 Å². The lowest BCUT2D eigenvalue weighted by Gasteiger charge is -2.10. The lowest BCUT2D eigenvalue weighted by Crippen LogP contribution is -2.00. The van der Waals surface area contributed by atoms with Crippen molar-refractivity contribution in [2.24, 2.45) is 0 Å². The summed E-state index contributed by atoms with van der Waals surface area (Å²) < 4.78 is 7.13. The Bertz CT molecular complexity index is 3060. The van der Waals surface area contributed by atoms with E-state index in [1.54, 1.807) is 22.7 Å². The lowest BCUT2D eigenvalue weighted by atomic mass is 10.0. The third-order valence-electron chi connectivity index (χ3n) is 10.1. The molecule has 6 heteroatoms. The van der Waals surface area contributed by atoms with Crippen molar-refractivity contribution in [1.29, 1.82) is 0 Å². The van der Waals surface area contributed by atoms with Gasteiger partial charge < -0.3 is 4.57 Å². The second-order valence-electron chi connectivity index (χ2n) is 13.2. The molecule has 11 rings (SSSR count). The summed E-state index contributed by atoms with van der Waals surface area (Å²) >= 11 is 3.59. The van der Waals surface area contributed by atoms with Gasteiger partial charge in [0.25, 0.3) is 0 Å². The van der Waals surface area contributed by atoms with E-state index in [-0.39, 0.29) is 0 Å². The van der Waals surface area contributed by atoms with E-state index in [0.717, 1.165) is 39.0 Å². The number of para-hydroxylation sites is 2. The fraction of sp³-hybridized carbons (Fsp3) is 0. The standard InChI is InChI=1S/C47H28N4S2/c1-2-15-31(16-3-1)51-28-39(32-17-4-7-24-40(32)51)29-13-10-14-30(27-29)45-48-46(37-22-11-20-35-33-18-5-8-25-41(33)52-43(35)37)50-47(49-45)38-23-12-21-36-34-19-6-9-26-42(34)53-44(36)38/h1-28H. The van der Waals surface area contributed by atoms with Gasteiger partial charge in [0.15, 0.2) is 17.5 Å². The molecule has 248 valence electrons. The largest absolute Gasteiger partial charge is 0.316 e. The van der Waals surface area contributed by atoms with E-state index in [1.165, 1.54) is 45.7 Å². The van der Waals surface area contributed by atoms with Crippen LogP contribution in [0.1, 0.15) is 0 Å². The van der Waals surface area contributed by atoms with E-state index in [1.807, 2.05) is 0 Å². The Morgan fingerprint density at radius 3 is 1.55 bits per heavy atom. The molecule has 0 radical (unpaired) electrons. The fourth-order valence-corrected chi connectivity index (χ4v) is 10.1. The number of rotatable bonds is 5. The fourth-order valence-electron chi connectivity index (χ4n) is 7.63. The molecular weight excluding hydrogens is 685 g/mol. The Labute approximate surface area is 312 Å². The first-order valence-corrected chi connectivity index (χ1v) is 19.2. The maximum atomic E-state index is 5.29. The summed E-state index contributed by atoms with van der Waals surface area (Å²) in [7, 11) is 0. The minimum absolute atomic E-state index is 0.648. The monoisotopic (exact) mass is 712 g/mol. The first-order chi connectivity index (χ1) is 26.3. The molecule has 0 aliphatic heterocycles. The van der Waals surface area contributed by atoms with Crippen LogP contribution in [0, 0.1) is 0 Å². The molecule has 0 aliphatic carbocycles. The van der Waals surface area contributed by atoms with Crippen LogP contribution >= 0.6 is 22.7 Å². The molecule has 0 saturated heterocycles. The number of hydrogen-bond donors (Lipinski definition) is 0. The van der Waals surface area contributed by atoms with Crippen molar-refractivity contribution < 1.29 is 0 Å². The van der Waals surface area contributed by atoms with Crippen LogP contribution in [0.15, 0.2) is 170 Å². The van der Waals surface area contributed by atoms with Gasteiger partial charge in [0.1, 0.15) is 0 Å². The summed E-state index contributed by atoms with van der Waals surface area (Å²) in [6.07, 6.45) is 2.24. The predicted molar refractivity (Wildman–Crippen MR) is 224 cm³/mol. The summed E-state index contributed by atoms with van der Waals surface area (Å²) in [6, 6.07) is 57.9. The highest BCUT2D eigenvalue weighted by molar-refractivity contribution is 7.26. The van der Waals surface area contributed by atoms with Crippen LogP contribution in [0.25, 0.3) is 102 Å². The Kier molecular flexibility index (Phi) is 6.87. The van der Waals surface area contributed by atoms with Crippen molar-refractivity contribution in [2.75, 3.05) is 0 Å². The van der Waals surface area contributed by atoms with Gasteiger partial charge in [-0.05, 0) is 54.1 Å². The lowest BCUT2D eigenvalue weighted by molar-refractivity contribution is 1.08. The normalized spacial score (nSPS) is 11.8. The molecule has 0 unspecified atom stereocenters. The third kappa shape index (κ3) is 4.91. The molecule has 0 atom stereocenters. The topological polar surface area (TPSA) is 43.6 Å². The number of hydrogen-bond acceptors (Lipinski definition) is 5. The molecule has 0 aliphatic rings. The average Bonchev–Trinajstić information content (AvgIpc) is 3.93. The highest BCUT2D eigenvalue weighted by atomic mass is 32.1. The maximum Gasteiger partial charge on any atom is 0.165 e. The second kappa shape index (κ2) is 12.1. The van der Waals surface area contributed by atoms with Crippen molar-refractivity contribution in [2.45, 2.75) is 0 Å². The van der Waals surface area contributed by atoms with Gasteiger partial charge in [0, 0.05) is 79.9 Å². The van der Waals surface area contributed by atoms with Crippen molar-refractivity contribution in [3.05, 3.63) is 170 Å². The van der Waals surface area contributed by atoms with Crippen molar-refractivity contribution >= 4 is 73.9 Å². The van der Waals surface area contributed by atoms with Gasteiger partial charge in [-0.15, -0.1) is 22.7 Å². The molecule has 4 nitrogen and oxygen atoms in total. The summed E-state index contributed by atoms with van der Waals surface area (Å²) in [5.41, 5.74) is 7.52. The zero-order valence-electron chi connectivity index (χ0n) is 28.3. The van der Waals surface area contributed by atoms with Gasteiger partial charge in [-0.2, -0.15) is 0 Å². The van der Waals surface area contributed by atoms with Crippen LogP contribution in [0.2, 0.25) is 0 Å². The van der Waals surface area contributed by atoms with E-state index in [0.29, 0.717) is 17.5 Å². The predicted octanol–water partition coefficient (Wildman–Crippen LogP) is 13.2. The zero-order valence-corrected chi connectivity index (χ0v) is 29.9. The maximum absolute atomic E-state index is 5.29. The minimum atomic E-state index is 0.648. The number of thiophene rings is 2. The molecule has 0 saturated carbocycles. The third-order valence-corrected chi connectivity index (χ3v) is 12.5. The number of aromatic nitrogens is 4. The smallest absolute Gasteiger partial charge is 0.165 e. The molecule has 11 aromatic rings. The van der Waals surface area contributed by atoms with Gasteiger partial charge in [-0.25, -0.2) is 15.0 Å². The molecule has 0 spiro atoms. The molecule has 53 heavy (non-hydrogen) atoms. The van der Waals surface area contributed by atoms with Crippen molar-refractivity contribution in [3.8, 4) is 51.0 Å². The molecule has 4 aromatic heterocycles. The number of nitrogens with zero attached hydrogens (tertiary/aromatic N) is 4. The summed E-state index contributed by atoms with van der Waals surface area (Å²) in [6.45, 7) is 0. The average molecular weight is 713 g/mol. The Morgan fingerprint density at radius 1 is 0.377 bits per heavy atom. The van der Waals surface area contributed by atoms with Crippen LogP contribution < -0.4 is 0 Å². The Balaban J connectivity index is 1.14. The Morgan fingerprint density at radius 2 is 0.887 bits per heavy atom. The van der Waals surface area contributed by atoms with Crippen LogP contribution in [0.5, 0.6) is 0 Å². The molecular formula is C47H28N4S2. The van der Waals surface area contributed by atoms with Crippen LogP contribution in [-0.4, -0.2) is 19.5 Å². The summed E-state index contributed by atoms with van der Waals surface area (Å²) in [4.78, 5) is 15.8. The first-order valence-electron chi connectivity index (χ1n) is 17.6. The molecule has 0 bridgehead atoms. The highest BCUT2D eigenvalue weighted by Gasteiger charge is 2.20. The van der Waals surface area contributed by atoms with E-state index >= 15 is 0 Å². The van der Waals surface area contributed by atoms with E-state index in [9.17, 15) is 0 Å². The molecule has 0 fully saturated rings. The number of fused-ring (bicyclic) bond motifs is 7. The van der Waals surface area contributed by atoms with Gasteiger partial charge in [-0.3, -0.25) is 0 Å². The zero-order chi connectivity index (χ0) is 34.9. The second-order valence-corrected chi connectivity index (χ2v) is 15.3. The van der Waals surface area contributed by atoms with Crippen LogP contribution in [0.4, 0.5) is 0 Å². The Hall–Kier alpha value is -6.47. The number of benzene rings is 7. The van der Waals surface area contributed by atoms with Gasteiger partial charge in [0.05, 0.1) is 5.52 Å². The van der Waals surface area contributed by atoms with Gasteiger partial charge in [0.2, 0.25) is 0 Å². The highest BCUT2D eigenvalue weighted by Crippen LogP contribution is 2.42. The molecule has 4 heterocycles. The molecule has 0 N–H and O–H groups in total. The summed E-state index contributed by atoms with van der Waals surface area (Å²) in [5.74, 6) is 1.99. The van der Waals surface area contributed by atoms with E-state index in [4.69, 9.17) is 15.0 Å². The minimum Gasteiger partial charge on any atom is -0.316 e. The van der Waals surface area contributed by atoms with Gasteiger partial charge >= 0.3 is 0 Å². The van der Waals surface area contributed by atoms with Crippen molar-refractivity contribution in [3.63, 3.8) is 0 Å². The molecule has 0 amide bonds. The SMILES string of the molecule is c1ccc(-n2cc(-c3cccc(-c4nc(-c5cccc6c5sc5ccccc56)nc(-c5cccc6c5sc5ccccc56)n4)c3)c3ccccc32)cc1. The quantitative estimate of drug-likeness (QED) is 0.178. The van der Waals surface area contributed by atoms with Crippen LogP contribution in [-0.2, 0) is 0 Å². The first kappa shape index (κ1) is 30.2. The summed E-state index contributed by atoms with van der Waals surface area (Å²) in [5, 5.41) is 6.13. The van der Waals surface area contributed by atoms with E-state index in [2.05, 4.69) is 175 Å². The van der Waals surface area contributed by atoms with Gasteiger partial charge in [-0.1, -0.05) is 115 Å². The molecule has 7 aromatic carbocycles.